The number of nitrogens with two attached hydrogens (primary N) is 1. The fourth-order valence-corrected chi connectivity index (χ4v) is 1.21. The number of hydrogen-bond donors (Lipinski definition) is 2. The summed E-state index contributed by atoms with van der Waals surface area (Å²) in [4.78, 5) is 5.34. The van der Waals surface area contributed by atoms with Crippen LogP contribution in [0.4, 0.5) is 11.4 Å². The van der Waals surface area contributed by atoms with Crippen LogP contribution in [0.2, 0.25) is 0 Å². The van der Waals surface area contributed by atoms with Crippen LogP contribution in [0, 0.1) is 0 Å². The third kappa shape index (κ3) is 2.64. The number of nitrogen functional groups attached to an aromatic ring is 1. The number of benzene rings is 2. The molecule has 0 atom stereocenters. The smallest absolute Gasteiger partial charge is 0.155 e. The molecule has 2 aromatic rings. The average Bonchev–Trinajstić information content (AvgIpc) is 2.28. The lowest BCUT2D eigenvalue weighted by Gasteiger charge is -2.08. The van der Waals surface area contributed by atoms with Gasteiger partial charge in [-0.3, -0.25) is 0 Å². The molecule has 0 heterocycles. The molecule has 2 rings (SSSR count). The minimum atomic E-state index is 0.705. The fraction of sp³-hybridized carbons (Fsp3) is 0. The highest BCUT2D eigenvalue weighted by atomic mass is 16.6. The van der Waals surface area contributed by atoms with Crippen molar-refractivity contribution in [2.75, 3.05) is 11.2 Å². The molecule has 0 unspecified atom stereocenters. The molecule has 2 aromatic carbocycles. The van der Waals surface area contributed by atoms with E-state index in [1.165, 1.54) is 0 Å². The topological polar surface area (TPSA) is 47.3 Å². The first-order valence-electron chi connectivity index (χ1n) is 4.68. The van der Waals surface area contributed by atoms with Crippen molar-refractivity contribution >= 4 is 11.4 Å². The van der Waals surface area contributed by atoms with Gasteiger partial charge >= 0.3 is 0 Å². The van der Waals surface area contributed by atoms with Crippen LogP contribution in [0.3, 0.4) is 0 Å². The van der Waals surface area contributed by atoms with Crippen molar-refractivity contribution in [3.63, 3.8) is 0 Å². The van der Waals surface area contributed by atoms with Crippen LogP contribution in [0.25, 0.3) is 0 Å². The molecule has 3 nitrogen and oxygen atoms in total. The summed E-state index contributed by atoms with van der Waals surface area (Å²) in [5, 5.41) is 0. The third-order valence-corrected chi connectivity index (χ3v) is 1.92. The quantitative estimate of drug-likeness (QED) is 0.591. The number of nitrogens with one attached hydrogen (secondary N) is 1. The summed E-state index contributed by atoms with van der Waals surface area (Å²) >= 11 is 0. The van der Waals surface area contributed by atoms with Crippen molar-refractivity contribution < 1.29 is 4.84 Å². The van der Waals surface area contributed by atoms with Gasteiger partial charge in [0.15, 0.2) is 5.75 Å². The van der Waals surface area contributed by atoms with E-state index in [0.29, 0.717) is 5.69 Å². The van der Waals surface area contributed by atoms with Crippen molar-refractivity contribution in [2.45, 2.75) is 0 Å². The van der Waals surface area contributed by atoms with Crippen LogP contribution in [0.1, 0.15) is 0 Å². The molecule has 0 aliphatic rings. The molecule has 0 bridgehead atoms. The Balaban J connectivity index is 1.99. The number of hydrogen-bond acceptors (Lipinski definition) is 3. The molecule has 0 fully saturated rings. The summed E-state index contributed by atoms with van der Waals surface area (Å²) in [6.07, 6.45) is 0. The van der Waals surface area contributed by atoms with Crippen LogP contribution < -0.4 is 16.1 Å². The van der Waals surface area contributed by atoms with Crippen molar-refractivity contribution in [3.05, 3.63) is 54.6 Å². The van der Waals surface area contributed by atoms with Crippen LogP contribution >= 0.6 is 0 Å². The van der Waals surface area contributed by atoms with E-state index >= 15 is 0 Å². The van der Waals surface area contributed by atoms with E-state index in [-0.39, 0.29) is 0 Å². The average molecular weight is 200 g/mol. The number of para-hydroxylation sites is 1. The van der Waals surface area contributed by atoms with Crippen molar-refractivity contribution in [3.8, 4) is 5.75 Å². The van der Waals surface area contributed by atoms with Gasteiger partial charge in [0.05, 0.1) is 5.69 Å². The maximum absolute atomic E-state index is 5.63. The second kappa shape index (κ2) is 4.37. The van der Waals surface area contributed by atoms with Crippen LogP contribution in [0.5, 0.6) is 5.75 Å². The van der Waals surface area contributed by atoms with Gasteiger partial charge in [0.1, 0.15) is 0 Å². The summed E-state index contributed by atoms with van der Waals surface area (Å²) in [6.45, 7) is 0. The van der Waals surface area contributed by atoms with Gasteiger partial charge in [0.2, 0.25) is 0 Å². The van der Waals surface area contributed by atoms with E-state index in [1.807, 2.05) is 54.6 Å². The molecule has 0 saturated carbocycles. The van der Waals surface area contributed by atoms with E-state index in [4.69, 9.17) is 10.6 Å². The van der Waals surface area contributed by atoms with Gasteiger partial charge in [-0.2, -0.15) is 0 Å². The Morgan fingerprint density at radius 2 is 1.73 bits per heavy atom. The lowest BCUT2D eigenvalue weighted by Crippen LogP contribution is -2.04. The predicted molar refractivity (Wildman–Crippen MR) is 61.5 cm³/mol. The first kappa shape index (κ1) is 9.40. The molecule has 0 aliphatic carbocycles. The summed E-state index contributed by atoms with van der Waals surface area (Å²) in [7, 11) is 0. The van der Waals surface area contributed by atoms with E-state index in [1.54, 1.807) is 0 Å². The summed E-state index contributed by atoms with van der Waals surface area (Å²) in [5.74, 6) is 0.764. The number of anilines is 2. The first-order valence-corrected chi connectivity index (χ1v) is 4.68. The molecule has 76 valence electrons. The van der Waals surface area contributed by atoms with Crippen molar-refractivity contribution in [1.82, 2.24) is 0 Å². The maximum Gasteiger partial charge on any atom is 0.155 e. The van der Waals surface area contributed by atoms with Crippen molar-refractivity contribution in [1.29, 1.82) is 0 Å². The highest BCUT2D eigenvalue weighted by molar-refractivity contribution is 5.53. The van der Waals surface area contributed by atoms with Gasteiger partial charge in [0, 0.05) is 5.69 Å². The van der Waals surface area contributed by atoms with Crippen LogP contribution in [0.15, 0.2) is 54.6 Å². The Labute approximate surface area is 88.4 Å². The SMILES string of the molecule is Nc1cccc(NOc2ccccc2)c1. The molecule has 0 amide bonds. The van der Waals surface area contributed by atoms with Crippen LogP contribution in [-0.2, 0) is 0 Å². The molecule has 0 aliphatic heterocycles. The third-order valence-electron chi connectivity index (χ3n) is 1.92. The second-order valence-electron chi connectivity index (χ2n) is 3.14. The summed E-state index contributed by atoms with van der Waals surface area (Å²) in [6, 6.07) is 16.9. The largest absolute Gasteiger partial charge is 0.399 e. The zero-order valence-electron chi connectivity index (χ0n) is 8.18. The lowest BCUT2D eigenvalue weighted by molar-refractivity contribution is 0.405. The number of rotatable bonds is 3. The minimum Gasteiger partial charge on any atom is -0.399 e. The van der Waals surface area contributed by atoms with E-state index in [2.05, 4.69) is 5.48 Å². The molecular formula is C12H12N2O. The molecule has 0 saturated heterocycles. The Bertz CT molecular complexity index is 429. The zero-order valence-corrected chi connectivity index (χ0v) is 8.18. The monoisotopic (exact) mass is 200 g/mol. The van der Waals surface area contributed by atoms with E-state index in [0.717, 1.165) is 11.4 Å². The Morgan fingerprint density at radius 3 is 2.47 bits per heavy atom. The predicted octanol–water partition coefficient (Wildman–Crippen LogP) is 2.67. The molecule has 15 heavy (non-hydrogen) atoms. The zero-order chi connectivity index (χ0) is 10.5. The molecular weight excluding hydrogens is 188 g/mol. The highest BCUT2D eigenvalue weighted by Crippen LogP contribution is 2.14. The second-order valence-corrected chi connectivity index (χ2v) is 3.14. The normalized spacial score (nSPS) is 9.60. The highest BCUT2D eigenvalue weighted by Gasteiger charge is 1.93. The summed E-state index contributed by atoms with van der Waals surface area (Å²) in [5.41, 5.74) is 9.99. The fourth-order valence-electron chi connectivity index (χ4n) is 1.21. The first-order chi connectivity index (χ1) is 7.34. The molecule has 0 aromatic heterocycles. The van der Waals surface area contributed by atoms with Gasteiger partial charge in [-0.05, 0) is 30.3 Å². The van der Waals surface area contributed by atoms with Crippen molar-refractivity contribution in [2.24, 2.45) is 0 Å². The Morgan fingerprint density at radius 1 is 0.933 bits per heavy atom. The van der Waals surface area contributed by atoms with Gasteiger partial charge in [0.25, 0.3) is 0 Å². The summed E-state index contributed by atoms with van der Waals surface area (Å²) < 4.78 is 0. The molecule has 3 N–H and O–H groups in total. The Kier molecular flexibility index (Phi) is 2.74. The minimum absolute atomic E-state index is 0.705. The maximum atomic E-state index is 5.63. The van der Waals surface area contributed by atoms with Gasteiger partial charge < -0.3 is 10.6 Å². The molecule has 0 spiro atoms. The lowest BCUT2D eigenvalue weighted by atomic mass is 10.3. The van der Waals surface area contributed by atoms with Gasteiger partial charge in [-0.1, -0.05) is 24.3 Å². The van der Waals surface area contributed by atoms with Gasteiger partial charge in [-0.15, -0.1) is 0 Å². The molecule has 0 radical (unpaired) electrons. The van der Waals surface area contributed by atoms with E-state index in [9.17, 15) is 0 Å². The van der Waals surface area contributed by atoms with Crippen LogP contribution in [-0.4, -0.2) is 0 Å². The molecule has 3 heteroatoms. The standard InChI is InChI=1S/C12H12N2O/c13-10-5-4-6-11(9-10)14-15-12-7-2-1-3-8-12/h1-9,14H,13H2. The Hall–Kier alpha value is -2.16. The van der Waals surface area contributed by atoms with E-state index < -0.39 is 0 Å². The van der Waals surface area contributed by atoms with Gasteiger partial charge in [-0.25, -0.2) is 5.48 Å².